The van der Waals surface area contributed by atoms with Gasteiger partial charge in [-0.3, -0.25) is 0 Å². The quantitative estimate of drug-likeness (QED) is 0.860. The van der Waals surface area contributed by atoms with E-state index in [1.807, 2.05) is 6.92 Å². The highest BCUT2D eigenvalue weighted by Crippen LogP contribution is 2.22. The van der Waals surface area contributed by atoms with E-state index in [2.05, 4.69) is 5.32 Å². The van der Waals surface area contributed by atoms with Crippen LogP contribution in [0, 0.1) is 5.82 Å². The minimum absolute atomic E-state index is 0.117. The maximum Gasteiger partial charge on any atom is 0.243 e. The van der Waals surface area contributed by atoms with Gasteiger partial charge in [0, 0.05) is 25.8 Å². The van der Waals surface area contributed by atoms with Crippen LogP contribution in [0.15, 0.2) is 23.1 Å². The van der Waals surface area contributed by atoms with Crippen LogP contribution in [0.1, 0.15) is 18.9 Å². The summed E-state index contributed by atoms with van der Waals surface area (Å²) in [5.41, 5.74) is 0.356. The first-order valence-electron chi connectivity index (χ1n) is 7.01. The second kappa shape index (κ2) is 6.83. The van der Waals surface area contributed by atoms with Crippen molar-refractivity contribution in [3.8, 4) is 0 Å². The number of benzene rings is 1. The maximum absolute atomic E-state index is 13.7. The summed E-state index contributed by atoms with van der Waals surface area (Å²) in [6, 6.07) is 3.77. The molecule has 1 heterocycles. The van der Waals surface area contributed by atoms with Crippen LogP contribution in [-0.4, -0.2) is 45.6 Å². The van der Waals surface area contributed by atoms with Crippen LogP contribution in [0.25, 0.3) is 0 Å². The predicted octanol–water partition coefficient (Wildman–Crippen LogP) is 1.34. The Morgan fingerprint density at radius 3 is 2.86 bits per heavy atom. The minimum atomic E-state index is -3.63. The first-order chi connectivity index (χ1) is 9.96. The topological polar surface area (TPSA) is 58.6 Å². The summed E-state index contributed by atoms with van der Waals surface area (Å²) in [7, 11) is -2.08. The smallest absolute Gasteiger partial charge is 0.243 e. The Morgan fingerprint density at radius 2 is 2.24 bits per heavy atom. The normalized spacial score (nSPS) is 19.3. The van der Waals surface area contributed by atoms with E-state index in [4.69, 9.17) is 4.74 Å². The highest BCUT2D eigenvalue weighted by molar-refractivity contribution is 7.89. The van der Waals surface area contributed by atoms with E-state index in [1.54, 1.807) is 7.05 Å². The van der Waals surface area contributed by atoms with E-state index >= 15 is 0 Å². The summed E-state index contributed by atoms with van der Waals surface area (Å²) >= 11 is 0. The third-order valence-corrected chi connectivity index (χ3v) is 5.59. The molecule has 1 aliphatic rings. The van der Waals surface area contributed by atoms with Crippen molar-refractivity contribution in [1.82, 2.24) is 9.62 Å². The summed E-state index contributed by atoms with van der Waals surface area (Å²) in [4.78, 5) is 0.117. The van der Waals surface area contributed by atoms with Gasteiger partial charge < -0.3 is 10.1 Å². The molecule has 5 nitrogen and oxygen atoms in total. The number of nitrogens with one attached hydrogen (secondary N) is 1. The van der Waals surface area contributed by atoms with Crippen molar-refractivity contribution in [3.05, 3.63) is 29.6 Å². The fourth-order valence-corrected chi connectivity index (χ4v) is 3.70. The second-order valence-corrected chi connectivity index (χ2v) is 7.07. The Balaban J connectivity index is 2.26. The van der Waals surface area contributed by atoms with Gasteiger partial charge in [0.1, 0.15) is 5.82 Å². The third-order valence-electron chi connectivity index (χ3n) is 3.68. The number of nitrogens with zero attached hydrogens (tertiary/aromatic N) is 1. The number of ether oxygens (including phenoxy) is 1. The summed E-state index contributed by atoms with van der Waals surface area (Å²) in [5.74, 6) is -0.401. The van der Waals surface area contributed by atoms with E-state index in [9.17, 15) is 12.8 Å². The molecule has 0 aromatic heterocycles. The first kappa shape index (κ1) is 16.4. The Kier molecular flexibility index (Phi) is 5.32. The molecule has 0 saturated carbocycles. The number of halogens is 1. The van der Waals surface area contributed by atoms with Gasteiger partial charge in [0.2, 0.25) is 10.0 Å². The second-order valence-electron chi connectivity index (χ2n) is 5.07. The van der Waals surface area contributed by atoms with Crippen molar-refractivity contribution < 1.29 is 17.5 Å². The Bertz CT molecular complexity index is 586. The Hall–Kier alpha value is -1.02. The largest absolute Gasteiger partial charge is 0.380 e. The van der Waals surface area contributed by atoms with Gasteiger partial charge in [0.15, 0.2) is 0 Å². The lowest BCUT2D eigenvalue weighted by Gasteiger charge is -2.23. The van der Waals surface area contributed by atoms with Gasteiger partial charge in [0.25, 0.3) is 0 Å². The van der Waals surface area contributed by atoms with E-state index in [1.165, 1.54) is 22.5 Å². The van der Waals surface area contributed by atoms with Crippen LogP contribution in [0.2, 0.25) is 0 Å². The van der Waals surface area contributed by atoms with Gasteiger partial charge in [0.05, 0.1) is 17.5 Å². The number of rotatable bonds is 6. The molecule has 1 atom stereocenters. The van der Waals surface area contributed by atoms with Gasteiger partial charge >= 0.3 is 0 Å². The molecular formula is C14H21FN2O3S. The van der Waals surface area contributed by atoms with Crippen molar-refractivity contribution in [2.24, 2.45) is 0 Å². The SMILES string of the molecule is CCNCc1cc(S(=O)(=O)N(C)C2CCOC2)ccc1F. The molecule has 0 bridgehead atoms. The molecular weight excluding hydrogens is 295 g/mol. The molecule has 2 rings (SSSR count). The fraction of sp³-hybridized carbons (Fsp3) is 0.571. The monoisotopic (exact) mass is 316 g/mol. The number of hydrogen-bond acceptors (Lipinski definition) is 4. The average Bonchev–Trinajstić information content (AvgIpc) is 2.99. The average molecular weight is 316 g/mol. The predicted molar refractivity (Wildman–Crippen MR) is 78.0 cm³/mol. The molecule has 0 spiro atoms. The highest BCUT2D eigenvalue weighted by atomic mass is 32.2. The van der Waals surface area contributed by atoms with E-state index < -0.39 is 15.8 Å². The van der Waals surface area contributed by atoms with Crippen LogP contribution in [0.3, 0.4) is 0 Å². The maximum atomic E-state index is 13.7. The molecule has 1 saturated heterocycles. The zero-order valence-corrected chi connectivity index (χ0v) is 13.1. The molecule has 1 fully saturated rings. The van der Waals surface area contributed by atoms with Crippen LogP contribution < -0.4 is 5.32 Å². The van der Waals surface area contributed by atoms with Crippen LogP contribution in [0.5, 0.6) is 0 Å². The van der Waals surface area contributed by atoms with Gasteiger partial charge in [-0.25, -0.2) is 12.8 Å². The summed E-state index contributed by atoms with van der Waals surface area (Å²) in [6.45, 7) is 3.88. The Morgan fingerprint density at radius 1 is 1.48 bits per heavy atom. The van der Waals surface area contributed by atoms with Gasteiger partial charge in [-0.2, -0.15) is 4.31 Å². The molecule has 0 aliphatic carbocycles. The zero-order chi connectivity index (χ0) is 15.5. The van der Waals surface area contributed by atoms with E-state index in [0.717, 1.165) is 0 Å². The molecule has 1 unspecified atom stereocenters. The van der Waals surface area contributed by atoms with Gasteiger partial charge in [-0.05, 0) is 31.2 Å². The van der Waals surface area contributed by atoms with Gasteiger partial charge in [-0.1, -0.05) is 6.92 Å². The van der Waals surface area contributed by atoms with Crippen molar-refractivity contribution in [2.75, 3.05) is 26.8 Å². The first-order valence-corrected chi connectivity index (χ1v) is 8.45. The highest BCUT2D eigenvalue weighted by Gasteiger charge is 2.30. The number of hydrogen-bond donors (Lipinski definition) is 1. The summed E-state index contributed by atoms with van der Waals surface area (Å²) in [5, 5.41) is 3.00. The van der Waals surface area contributed by atoms with Crippen LogP contribution in [0.4, 0.5) is 4.39 Å². The molecule has 1 aromatic carbocycles. The van der Waals surface area contributed by atoms with Crippen molar-refractivity contribution in [3.63, 3.8) is 0 Å². The standard InChI is InChI=1S/C14H21FN2O3S/c1-3-16-9-11-8-13(4-5-14(11)15)21(18,19)17(2)12-6-7-20-10-12/h4-5,8,12,16H,3,6-7,9-10H2,1-2H3. The molecule has 21 heavy (non-hydrogen) atoms. The molecule has 1 aromatic rings. The lowest BCUT2D eigenvalue weighted by Crippen LogP contribution is -2.37. The fourth-order valence-electron chi connectivity index (χ4n) is 2.28. The van der Waals surface area contributed by atoms with Crippen molar-refractivity contribution >= 4 is 10.0 Å². The molecule has 1 N–H and O–H groups in total. The minimum Gasteiger partial charge on any atom is -0.380 e. The lowest BCUT2D eigenvalue weighted by atomic mass is 10.2. The summed E-state index contributed by atoms with van der Waals surface area (Å²) in [6.07, 6.45) is 0.682. The number of likely N-dealkylation sites (N-methyl/N-ethyl adjacent to an activating group) is 1. The molecule has 118 valence electrons. The van der Waals surface area contributed by atoms with Crippen molar-refractivity contribution in [1.29, 1.82) is 0 Å². The van der Waals surface area contributed by atoms with Crippen molar-refractivity contribution in [2.45, 2.75) is 30.8 Å². The van der Waals surface area contributed by atoms with E-state index in [0.29, 0.717) is 38.3 Å². The molecule has 0 radical (unpaired) electrons. The molecule has 7 heteroatoms. The molecule has 1 aliphatic heterocycles. The van der Waals surface area contributed by atoms with E-state index in [-0.39, 0.29) is 10.9 Å². The lowest BCUT2D eigenvalue weighted by molar-refractivity contribution is 0.181. The summed E-state index contributed by atoms with van der Waals surface area (Å²) < 4.78 is 45.4. The Labute approximate surface area is 125 Å². The van der Waals surface area contributed by atoms with Crippen LogP contribution in [-0.2, 0) is 21.3 Å². The number of sulfonamides is 1. The zero-order valence-electron chi connectivity index (χ0n) is 12.3. The van der Waals surface area contributed by atoms with Crippen LogP contribution >= 0.6 is 0 Å². The van der Waals surface area contributed by atoms with Gasteiger partial charge in [-0.15, -0.1) is 0 Å². The molecule has 0 amide bonds. The third kappa shape index (κ3) is 3.60.